The zero-order valence-corrected chi connectivity index (χ0v) is 10.2. The molecule has 0 radical (unpaired) electrons. The van der Waals surface area contributed by atoms with Crippen molar-refractivity contribution in [2.24, 2.45) is 0 Å². The first kappa shape index (κ1) is 12.3. The standard InChI is InChI=1S/C11H23NOS/c1-3-11(13,4-2)9-12-10-5-7-14-8-6-10/h10,12-13H,3-9H2,1-2H3. The second-order valence-corrected chi connectivity index (χ2v) is 5.42. The predicted molar refractivity (Wildman–Crippen MR) is 63.9 cm³/mol. The number of thioether (sulfide) groups is 1. The van der Waals surface area contributed by atoms with E-state index in [4.69, 9.17) is 0 Å². The summed E-state index contributed by atoms with van der Waals surface area (Å²) in [4.78, 5) is 0. The van der Waals surface area contributed by atoms with Gasteiger partial charge in [-0.05, 0) is 37.2 Å². The number of hydrogen-bond donors (Lipinski definition) is 2. The largest absolute Gasteiger partial charge is 0.389 e. The zero-order chi connectivity index (χ0) is 10.4. The van der Waals surface area contributed by atoms with E-state index in [0.29, 0.717) is 6.04 Å². The van der Waals surface area contributed by atoms with Crippen LogP contribution in [0.1, 0.15) is 39.5 Å². The van der Waals surface area contributed by atoms with Crippen molar-refractivity contribution < 1.29 is 5.11 Å². The summed E-state index contributed by atoms with van der Waals surface area (Å²) >= 11 is 2.04. The third-order valence-electron chi connectivity index (χ3n) is 3.26. The molecule has 0 unspecified atom stereocenters. The van der Waals surface area contributed by atoms with Crippen LogP contribution in [0, 0.1) is 0 Å². The Morgan fingerprint density at radius 2 is 1.86 bits per heavy atom. The Hall–Kier alpha value is 0.270. The lowest BCUT2D eigenvalue weighted by Crippen LogP contribution is -2.44. The van der Waals surface area contributed by atoms with E-state index in [1.807, 2.05) is 11.8 Å². The molecule has 14 heavy (non-hydrogen) atoms. The Bertz CT molecular complexity index is 153. The molecule has 1 aliphatic rings. The molecule has 0 aromatic carbocycles. The summed E-state index contributed by atoms with van der Waals surface area (Å²) in [7, 11) is 0. The van der Waals surface area contributed by atoms with Gasteiger partial charge in [-0.15, -0.1) is 0 Å². The van der Waals surface area contributed by atoms with E-state index < -0.39 is 5.60 Å². The van der Waals surface area contributed by atoms with Crippen molar-refractivity contribution in [1.29, 1.82) is 0 Å². The van der Waals surface area contributed by atoms with Crippen LogP contribution >= 0.6 is 11.8 Å². The zero-order valence-electron chi connectivity index (χ0n) is 9.38. The van der Waals surface area contributed by atoms with Crippen LogP contribution in [0.5, 0.6) is 0 Å². The van der Waals surface area contributed by atoms with E-state index in [2.05, 4.69) is 19.2 Å². The van der Waals surface area contributed by atoms with E-state index in [0.717, 1.165) is 19.4 Å². The molecule has 1 fully saturated rings. The maximum Gasteiger partial charge on any atom is 0.0766 e. The number of nitrogens with one attached hydrogen (secondary N) is 1. The van der Waals surface area contributed by atoms with Crippen LogP contribution in [0.2, 0.25) is 0 Å². The van der Waals surface area contributed by atoms with Gasteiger partial charge in [0.25, 0.3) is 0 Å². The molecule has 2 N–H and O–H groups in total. The Morgan fingerprint density at radius 1 is 1.29 bits per heavy atom. The highest BCUT2D eigenvalue weighted by Crippen LogP contribution is 2.19. The summed E-state index contributed by atoms with van der Waals surface area (Å²) < 4.78 is 0. The van der Waals surface area contributed by atoms with Crippen molar-refractivity contribution in [2.45, 2.75) is 51.2 Å². The molecule has 3 heteroatoms. The van der Waals surface area contributed by atoms with Crippen LogP contribution in [0.3, 0.4) is 0 Å². The van der Waals surface area contributed by atoms with E-state index in [9.17, 15) is 5.11 Å². The van der Waals surface area contributed by atoms with Crippen molar-refractivity contribution in [3.63, 3.8) is 0 Å². The van der Waals surface area contributed by atoms with Crippen molar-refractivity contribution >= 4 is 11.8 Å². The van der Waals surface area contributed by atoms with E-state index in [-0.39, 0.29) is 0 Å². The molecule has 0 spiro atoms. The lowest BCUT2D eigenvalue weighted by molar-refractivity contribution is 0.0296. The lowest BCUT2D eigenvalue weighted by atomic mass is 9.97. The van der Waals surface area contributed by atoms with Gasteiger partial charge >= 0.3 is 0 Å². The molecule has 0 bridgehead atoms. The molecule has 0 aliphatic carbocycles. The van der Waals surface area contributed by atoms with Gasteiger partial charge in [-0.25, -0.2) is 0 Å². The maximum absolute atomic E-state index is 10.1. The fraction of sp³-hybridized carbons (Fsp3) is 1.00. The molecule has 0 amide bonds. The normalized spacial score (nSPS) is 19.9. The van der Waals surface area contributed by atoms with Gasteiger partial charge in [-0.2, -0.15) is 11.8 Å². The van der Waals surface area contributed by atoms with Gasteiger partial charge in [-0.1, -0.05) is 13.8 Å². The number of aliphatic hydroxyl groups is 1. The highest BCUT2D eigenvalue weighted by atomic mass is 32.2. The van der Waals surface area contributed by atoms with E-state index >= 15 is 0 Å². The molecule has 2 nitrogen and oxygen atoms in total. The van der Waals surface area contributed by atoms with E-state index in [1.165, 1.54) is 24.3 Å². The summed E-state index contributed by atoms with van der Waals surface area (Å²) in [5, 5.41) is 13.6. The summed E-state index contributed by atoms with van der Waals surface area (Å²) in [5.74, 6) is 2.54. The third kappa shape index (κ3) is 3.79. The van der Waals surface area contributed by atoms with Crippen LogP contribution in [0.15, 0.2) is 0 Å². The summed E-state index contributed by atoms with van der Waals surface area (Å²) in [6, 6.07) is 0.640. The second-order valence-electron chi connectivity index (χ2n) is 4.20. The van der Waals surface area contributed by atoms with Crippen LogP contribution in [-0.4, -0.2) is 34.8 Å². The third-order valence-corrected chi connectivity index (χ3v) is 4.31. The van der Waals surface area contributed by atoms with Crippen molar-refractivity contribution in [1.82, 2.24) is 5.32 Å². The quantitative estimate of drug-likeness (QED) is 0.739. The number of rotatable bonds is 5. The van der Waals surface area contributed by atoms with Crippen molar-refractivity contribution in [3.05, 3.63) is 0 Å². The minimum absolute atomic E-state index is 0.482. The molecule has 0 aromatic heterocycles. The van der Waals surface area contributed by atoms with Gasteiger partial charge < -0.3 is 10.4 Å². The fourth-order valence-electron chi connectivity index (χ4n) is 1.74. The number of hydrogen-bond acceptors (Lipinski definition) is 3. The second kappa shape index (κ2) is 5.99. The highest BCUT2D eigenvalue weighted by molar-refractivity contribution is 7.99. The van der Waals surface area contributed by atoms with Crippen LogP contribution < -0.4 is 5.32 Å². The maximum atomic E-state index is 10.1. The lowest BCUT2D eigenvalue weighted by Gasteiger charge is -2.30. The molecular weight excluding hydrogens is 194 g/mol. The smallest absolute Gasteiger partial charge is 0.0766 e. The predicted octanol–water partition coefficient (Wildman–Crippen LogP) is 2.02. The van der Waals surface area contributed by atoms with Crippen LogP contribution in [-0.2, 0) is 0 Å². The monoisotopic (exact) mass is 217 g/mol. The fourth-order valence-corrected chi connectivity index (χ4v) is 2.84. The van der Waals surface area contributed by atoms with Gasteiger partial charge in [0.1, 0.15) is 0 Å². The first-order chi connectivity index (χ1) is 6.70. The van der Waals surface area contributed by atoms with Crippen molar-refractivity contribution in [2.75, 3.05) is 18.1 Å². The molecule has 0 atom stereocenters. The molecule has 0 saturated carbocycles. The minimum atomic E-state index is -0.482. The SMILES string of the molecule is CCC(O)(CC)CNC1CCSCC1. The molecule has 1 rings (SSSR count). The Kier molecular flexibility index (Phi) is 5.28. The van der Waals surface area contributed by atoms with Gasteiger partial charge in [-0.3, -0.25) is 0 Å². The Balaban J connectivity index is 2.23. The molecular formula is C11H23NOS. The highest BCUT2D eigenvalue weighted by Gasteiger charge is 2.23. The molecule has 0 aromatic rings. The first-order valence-corrected chi connectivity index (χ1v) is 6.89. The van der Waals surface area contributed by atoms with Crippen LogP contribution in [0.25, 0.3) is 0 Å². The minimum Gasteiger partial charge on any atom is -0.389 e. The Labute approximate surface area is 91.9 Å². The summed E-state index contributed by atoms with van der Waals surface area (Å²) in [5.41, 5.74) is -0.482. The first-order valence-electron chi connectivity index (χ1n) is 5.73. The molecule has 1 saturated heterocycles. The van der Waals surface area contributed by atoms with E-state index in [1.54, 1.807) is 0 Å². The molecule has 1 aliphatic heterocycles. The summed E-state index contributed by atoms with van der Waals surface area (Å²) in [6.07, 6.45) is 4.21. The van der Waals surface area contributed by atoms with Gasteiger partial charge in [0.05, 0.1) is 5.60 Å². The van der Waals surface area contributed by atoms with Gasteiger partial charge in [0.15, 0.2) is 0 Å². The summed E-state index contributed by atoms with van der Waals surface area (Å²) in [6.45, 7) is 4.87. The average molecular weight is 217 g/mol. The topological polar surface area (TPSA) is 32.3 Å². The van der Waals surface area contributed by atoms with Gasteiger partial charge in [0.2, 0.25) is 0 Å². The molecule has 84 valence electrons. The molecule has 1 heterocycles. The average Bonchev–Trinajstić information content (AvgIpc) is 2.27. The van der Waals surface area contributed by atoms with Gasteiger partial charge in [0, 0.05) is 12.6 Å². The van der Waals surface area contributed by atoms with Crippen LogP contribution in [0.4, 0.5) is 0 Å². The van der Waals surface area contributed by atoms with Crippen molar-refractivity contribution in [3.8, 4) is 0 Å². The Morgan fingerprint density at radius 3 is 2.36 bits per heavy atom.